The monoisotopic (exact) mass is 332 g/mol. The highest BCUT2D eigenvalue weighted by atomic mass is 16.4. The van der Waals surface area contributed by atoms with Crippen molar-refractivity contribution < 1.29 is 15.0 Å². The van der Waals surface area contributed by atoms with Gasteiger partial charge in [-0.2, -0.15) is 0 Å². The van der Waals surface area contributed by atoms with Crippen LogP contribution in [0.5, 0.6) is 0 Å². The van der Waals surface area contributed by atoms with Crippen molar-refractivity contribution in [3.05, 3.63) is 47.5 Å². The number of aliphatic hydroxyl groups excluding tert-OH is 1. The molecule has 0 amide bonds. The van der Waals surface area contributed by atoms with E-state index in [9.17, 15) is 15.0 Å². The lowest BCUT2D eigenvalue weighted by molar-refractivity contribution is -0.132. The van der Waals surface area contributed by atoms with Crippen LogP contribution in [0.4, 0.5) is 0 Å². The maximum Gasteiger partial charge on any atom is 0.331 e. The number of allylic oxidation sites excluding steroid dienone is 1. The van der Waals surface area contributed by atoms with Gasteiger partial charge in [-0.3, -0.25) is 0 Å². The van der Waals surface area contributed by atoms with Crippen LogP contribution in [0.25, 0.3) is 0 Å². The smallest absolute Gasteiger partial charge is 0.331 e. The van der Waals surface area contributed by atoms with Gasteiger partial charge in [0.1, 0.15) is 0 Å². The van der Waals surface area contributed by atoms with Crippen LogP contribution < -0.4 is 0 Å². The van der Waals surface area contributed by atoms with E-state index in [4.69, 9.17) is 0 Å². The molecule has 3 nitrogen and oxygen atoms in total. The molecule has 2 N–H and O–H groups in total. The van der Waals surface area contributed by atoms with Crippen LogP contribution in [0.2, 0.25) is 0 Å². The van der Waals surface area contributed by atoms with Crippen LogP contribution in [0.3, 0.4) is 0 Å². The number of carboxylic acid groups (broad SMARTS) is 1. The third-order valence-electron chi connectivity index (χ3n) is 4.77. The Morgan fingerprint density at radius 1 is 1.08 bits per heavy atom. The Balaban J connectivity index is 2.58. The second-order valence-electron chi connectivity index (χ2n) is 7.08. The number of carbonyl (C=O) groups is 1. The molecular formula is C21H32O3. The number of aliphatic carboxylic acids is 1. The highest BCUT2D eigenvalue weighted by Gasteiger charge is 2.20. The molecule has 0 saturated heterocycles. The van der Waals surface area contributed by atoms with E-state index >= 15 is 0 Å². The number of hydrogen-bond acceptors (Lipinski definition) is 2. The van der Waals surface area contributed by atoms with Gasteiger partial charge in [0.15, 0.2) is 0 Å². The van der Waals surface area contributed by atoms with E-state index in [1.807, 2.05) is 43.3 Å². The molecule has 134 valence electrons. The zero-order chi connectivity index (χ0) is 18.1. The Labute approximate surface area is 146 Å². The molecule has 0 aliphatic heterocycles. The van der Waals surface area contributed by atoms with Crippen molar-refractivity contribution in [3.63, 3.8) is 0 Å². The van der Waals surface area contributed by atoms with E-state index in [-0.39, 0.29) is 5.92 Å². The van der Waals surface area contributed by atoms with Crippen molar-refractivity contribution in [2.45, 2.75) is 59.5 Å². The van der Waals surface area contributed by atoms with Gasteiger partial charge in [0.25, 0.3) is 0 Å². The average molecular weight is 332 g/mol. The lowest BCUT2D eigenvalue weighted by Crippen LogP contribution is -2.15. The van der Waals surface area contributed by atoms with Gasteiger partial charge in [0.05, 0.1) is 6.10 Å². The molecule has 1 aromatic rings. The predicted octanol–water partition coefficient (Wildman–Crippen LogP) is 5.22. The topological polar surface area (TPSA) is 57.5 Å². The van der Waals surface area contributed by atoms with Gasteiger partial charge >= 0.3 is 5.97 Å². The molecule has 0 aromatic heterocycles. The van der Waals surface area contributed by atoms with Gasteiger partial charge in [-0.1, -0.05) is 70.5 Å². The Morgan fingerprint density at radius 2 is 1.67 bits per heavy atom. The molecule has 0 saturated carbocycles. The Kier molecular flexibility index (Phi) is 8.77. The number of carboxylic acids is 1. The van der Waals surface area contributed by atoms with Crippen LogP contribution in [-0.4, -0.2) is 16.2 Å². The van der Waals surface area contributed by atoms with E-state index in [1.165, 1.54) is 0 Å². The summed E-state index contributed by atoms with van der Waals surface area (Å²) in [5.41, 5.74) is 1.48. The lowest BCUT2D eigenvalue weighted by atomic mass is 9.83. The molecule has 0 spiro atoms. The first-order valence-corrected chi connectivity index (χ1v) is 9.02. The standard InChI is InChI=1S/C21H32O3/c1-5-9-19(21(23)24)13-15(2)12-16(3)17(4)14-20(22)18-10-7-6-8-11-18/h6-8,10-11,13,15-17,20,22H,5,9,12,14H2,1-4H3,(H,23,24)/b19-13+/t15-,16?,17-,20?/m0/s1. The van der Waals surface area contributed by atoms with Gasteiger partial charge in [-0.05, 0) is 42.6 Å². The molecule has 0 aliphatic carbocycles. The molecular weight excluding hydrogens is 300 g/mol. The molecule has 1 rings (SSSR count). The zero-order valence-electron chi connectivity index (χ0n) is 15.4. The molecule has 4 atom stereocenters. The molecule has 2 unspecified atom stereocenters. The van der Waals surface area contributed by atoms with Crippen molar-refractivity contribution in [2.75, 3.05) is 0 Å². The van der Waals surface area contributed by atoms with Crippen molar-refractivity contribution in [3.8, 4) is 0 Å². The summed E-state index contributed by atoms with van der Waals surface area (Å²) in [4.78, 5) is 11.2. The van der Waals surface area contributed by atoms with Crippen molar-refractivity contribution in [1.29, 1.82) is 0 Å². The van der Waals surface area contributed by atoms with E-state index in [1.54, 1.807) is 0 Å². The normalized spacial score (nSPS) is 17.1. The first kappa shape index (κ1) is 20.4. The SMILES string of the molecule is CCC/C(=C\[C@@H](C)CC(C)[C@@H](C)CC(O)c1ccccc1)C(=O)O. The zero-order valence-corrected chi connectivity index (χ0v) is 15.4. The number of hydrogen-bond donors (Lipinski definition) is 2. The fourth-order valence-electron chi connectivity index (χ4n) is 3.16. The molecule has 3 heteroatoms. The van der Waals surface area contributed by atoms with Crippen LogP contribution in [0, 0.1) is 17.8 Å². The fraction of sp³-hybridized carbons (Fsp3) is 0.571. The van der Waals surface area contributed by atoms with E-state index in [0.29, 0.717) is 23.8 Å². The molecule has 0 bridgehead atoms. The molecule has 0 fully saturated rings. The summed E-state index contributed by atoms with van der Waals surface area (Å²) in [5, 5.41) is 19.6. The third kappa shape index (κ3) is 6.88. The summed E-state index contributed by atoms with van der Waals surface area (Å²) < 4.78 is 0. The third-order valence-corrected chi connectivity index (χ3v) is 4.77. The first-order chi connectivity index (χ1) is 11.3. The van der Waals surface area contributed by atoms with Crippen LogP contribution in [0.1, 0.15) is 65.0 Å². The Hall–Kier alpha value is -1.61. The largest absolute Gasteiger partial charge is 0.478 e. The van der Waals surface area contributed by atoms with Gasteiger partial charge in [-0.25, -0.2) is 4.79 Å². The maximum atomic E-state index is 11.2. The number of rotatable bonds is 10. The lowest BCUT2D eigenvalue weighted by Gasteiger charge is -2.24. The summed E-state index contributed by atoms with van der Waals surface area (Å²) in [5.74, 6) is 0.222. The van der Waals surface area contributed by atoms with E-state index in [0.717, 1.165) is 24.8 Å². The van der Waals surface area contributed by atoms with Crippen molar-refractivity contribution >= 4 is 5.97 Å². The quantitative estimate of drug-likeness (QED) is 0.578. The summed E-state index contributed by atoms with van der Waals surface area (Å²) >= 11 is 0. The van der Waals surface area contributed by atoms with Crippen LogP contribution >= 0.6 is 0 Å². The summed E-state index contributed by atoms with van der Waals surface area (Å²) in [6.07, 6.45) is 4.59. The van der Waals surface area contributed by atoms with Crippen molar-refractivity contribution in [2.24, 2.45) is 17.8 Å². The molecule has 0 aliphatic rings. The summed E-state index contributed by atoms with van der Waals surface area (Å²) in [6.45, 7) is 8.43. The van der Waals surface area contributed by atoms with Gasteiger partial charge in [-0.15, -0.1) is 0 Å². The average Bonchev–Trinajstić information content (AvgIpc) is 2.54. The molecule has 1 aromatic carbocycles. The maximum absolute atomic E-state index is 11.2. The Morgan fingerprint density at radius 3 is 2.21 bits per heavy atom. The molecule has 24 heavy (non-hydrogen) atoms. The highest BCUT2D eigenvalue weighted by Crippen LogP contribution is 2.29. The van der Waals surface area contributed by atoms with Crippen LogP contribution in [0.15, 0.2) is 42.0 Å². The van der Waals surface area contributed by atoms with Gasteiger partial charge in [0.2, 0.25) is 0 Å². The second-order valence-corrected chi connectivity index (χ2v) is 7.08. The van der Waals surface area contributed by atoms with Gasteiger partial charge in [0, 0.05) is 5.57 Å². The van der Waals surface area contributed by atoms with E-state index in [2.05, 4.69) is 20.8 Å². The van der Waals surface area contributed by atoms with Crippen LogP contribution in [-0.2, 0) is 4.79 Å². The molecule has 0 radical (unpaired) electrons. The Bertz CT molecular complexity index is 521. The van der Waals surface area contributed by atoms with E-state index < -0.39 is 12.1 Å². The minimum Gasteiger partial charge on any atom is -0.478 e. The number of aliphatic hydroxyl groups is 1. The predicted molar refractivity (Wildman–Crippen MR) is 98.8 cm³/mol. The molecule has 0 heterocycles. The minimum absolute atomic E-state index is 0.231. The summed E-state index contributed by atoms with van der Waals surface area (Å²) in [6, 6.07) is 9.75. The van der Waals surface area contributed by atoms with Crippen molar-refractivity contribution in [1.82, 2.24) is 0 Å². The fourth-order valence-corrected chi connectivity index (χ4v) is 3.16. The second kappa shape index (κ2) is 10.3. The minimum atomic E-state index is -0.802. The first-order valence-electron chi connectivity index (χ1n) is 9.02. The summed E-state index contributed by atoms with van der Waals surface area (Å²) in [7, 11) is 0. The number of benzene rings is 1. The highest BCUT2D eigenvalue weighted by molar-refractivity contribution is 5.86. The van der Waals surface area contributed by atoms with Gasteiger partial charge < -0.3 is 10.2 Å².